The van der Waals surface area contributed by atoms with Gasteiger partial charge in [0.05, 0.1) is 0 Å². The first-order valence-electron chi connectivity index (χ1n) is 8.46. The third-order valence-electron chi connectivity index (χ3n) is 4.48. The molecule has 0 atom stereocenters. The molecule has 0 saturated carbocycles. The molecule has 3 heteroatoms. The smallest absolute Gasteiger partial charge is 0.119 e. The van der Waals surface area contributed by atoms with Crippen molar-refractivity contribution >= 4 is 0 Å². The highest BCUT2D eigenvalue weighted by molar-refractivity contribution is 5.28. The van der Waals surface area contributed by atoms with Crippen LogP contribution in [0.25, 0.3) is 0 Å². The van der Waals surface area contributed by atoms with Crippen molar-refractivity contribution in [2.45, 2.75) is 13.0 Å². The lowest BCUT2D eigenvalue weighted by Crippen LogP contribution is -2.45. The predicted molar refractivity (Wildman–Crippen MR) is 94.9 cm³/mol. The second-order valence-electron chi connectivity index (χ2n) is 6.31. The van der Waals surface area contributed by atoms with Crippen LogP contribution in [0.2, 0.25) is 0 Å². The van der Waals surface area contributed by atoms with Gasteiger partial charge in [0.15, 0.2) is 0 Å². The molecule has 3 rings (SSSR count). The molecular formula is C20H26N2O. The molecule has 122 valence electrons. The Hall–Kier alpha value is -1.84. The van der Waals surface area contributed by atoms with Crippen LogP contribution >= 0.6 is 0 Å². The molecule has 2 aromatic carbocycles. The van der Waals surface area contributed by atoms with Gasteiger partial charge in [-0.2, -0.15) is 0 Å². The molecule has 1 fully saturated rings. The third kappa shape index (κ3) is 5.08. The fourth-order valence-electron chi connectivity index (χ4n) is 2.85. The van der Waals surface area contributed by atoms with Gasteiger partial charge >= 0.3 is 0 Å². The van der Waals surface area contributed by atoms with Crippen molar-refractivity contribution in [3.63, 3.8) is 0 Å². The zero-order chi connectivity index (χ0) is 15.9. The molecule has 0 bridgehead atoms. The van der Waals surface area contributed by atoms with Crippen molar-refractivity contribution in [2.24, 2.45) is 0 Å². The van der Waals surface area contributed by atoms with Gasteiger partial charge in [-0.25, -0.2) is 0 Å². The zero-order valence-corrected chi connectivity index (χ0v) is 13.9. The van der Waals surface area contributed by atoms with Crippen LogP contribution in [0.1, 0.15) is 11.1 Å². The van der Waals surface area contributed by atoms with Gasteiger partial charge in [0.25, 0.3) is 0 Å². The summed E-state index contributed by atoms with van der Waals surface area (Å²) in [5.41, 5.74) is 2.59. The molecular weight excluding hydrogens is 284 g/mol. The van der Waals surface area contributed by atoms with E-state index in [-0.39, 0.29) is 0 Å². The molecule has 0 aromatic heterocycles. The molecule has 1 aliphatic heterocycles. The van der Waals surface area contributed by atoms with E-state index in [1.54, 1.807) is 0 Å². The van der Waals surface area contributed by atoms with Crippen LogP contribution in [-0.4, -0.2) is 49.6 Å². The van der Waals surface area contributed by atoms with Crippen molar-refractivity contribution in [3.05, 3.63) is 65.7 Å². The van der Waals surface area contributed by atoms with Gasteiger partial charge in [-0.1, -0.05) is 42.5 Å². The first kappa shape index (κ1) is 16.0. The number of benzene rings is 2. The van der Waals surface area contributed by atoms with Gasteiger partial charge in [-0.3, -0.25) is 0 Å². The van der Waals surface area contributed by atoms with Crippen LogP contribution in [0, 0.1) is 0 Å². The van der Waals surface area contributed by atoms with Gasteiger partial charge in [0, 0.05) is 32.7 Å². The van der Waals surface area contributed by atoms with E-state index in [1.165, 1.54) is 37.3 Å². The van der Waals surface area contributed by atoms with Gasteiger partial charge in [-0.15, -0.1) is 0 Å². The summed E-state index contributed by atoms with van der Waals surface area (Å²) in [4.78, 5) is 4.95. The van der Waals surface area contributed by atoms with Crippen LogP contribution in [0.5, 0.6) is 5.75 Å². The molecule has 23 heavy (non-hydrogen) atoms. The first-order valence-corrected chi connectivity index (χ1v) is 8.46. The van der Waals surface area contributed by atoms with Crippen LogP contribution < -0.4 is 4.74 Å². The lowest BCUT2D eigenvalue weighted by molar-refractivity contribution is 0.155. The average molecular weight is 310 g/mol. The maximum atomic E-state index is 5.84. The fourth-order valence-corrected chi connectivity index (χ4v) is 2.85. The molecule has 0 aliphatic carbocycles. The minimum atomic E-state index is 0.626. The average Bonchev–Trinajstić information content (AvgIpc) is 2.61. The lowest BCUT2D eigenvalue weighted by Gasteiger charge is -2.32. The molecule has 3 nitrogen and oxygen atoms in total. The highest BCUT2D eigenvalue weighted by Gasteiger charge is 2.13. The number of hydrogen-bond acceptors (Lipinski definition) is 3. The number of ether oxygens (including phenoxy) is 1. The highest BCUT2D eigenvalue weighted by atomic mass is 16.5. The van der Waals surface area contributed by atoms with E-state index in [0.717, 1.165) is 18.7 Å². The number of hydrogen-bond donors (Lipinski definition) is 0. The quantitative estimate of drug-likeness (QED) is 0.815. The lowest BCUT2D eigenvalue weighted by atomic mass is 10.1. The maximum Gasteiger partial charge on any atom is 0.119 e. The van der Waals surface area contributed by atoms with Crippen LogP contribution in [0.3, 0.4) is 0 Å². The van der Waals surface area contributed by atoms with E-state index in [1.807, 2.05) is 18.2 Å². The maximum absolute atomic E-state index is 5.84. The molecule has 0 amide bonds. The van der Waals surface area contributed by atoms with E-state index >= 15 is 0 Å². The topological polar surface area (TPSA) is 15.7 Å². The highest BCUT2D eigenvalue weighted by Crippen LogP contribution is 2.15. The zero-order valence-electron chi connectivity index (χ0n) is 13.9. The van der Waals surface area contributed by atoms with Gasteiger partial charge < -0.3 is 14.5 Å². The Morgan fingerprint density at radius 2 is 1.52 bits per heavy atom. The Morgan fingerprint density at radius 3 is 2.22 bits per heavy atom. The summed E-state index contributed by atoms with van der Waals surface area (Å²) < 4.78 is 5.84. The van der Waals surface area contributed by atoms with Gasteiger partial charge in [0.1, 0.15) is 12.4 Å². The summed E-state index contributed by atoms with van der Waals surface area (Å²) in [5.74, 6) is 0.942. The minimum absolute atomic E-state index is 0.626. The van der Waals surface area contributed by atoms with Crippen molar-refractivity contribution in [3.8, 4) is 5.75 Å². The van der Waals surface area contributed by atoms with Gasteiger partial charge in [-0.05, 0) is 36.7 Å². The molecule has 0 N–H and O–H groups in total. The number of rotatable bonds is 6. The van der Waals surface area contributed by atoms with E-state index in [4.69, 9.17) is 4.74 Å². The Bertz CT molecular complexity index is 574. The van der Waals surface area contributed by atoms with E-state index in [2.05, 4.69) is 53.2 Å². The Balaban J connectivity index is 1.43. The fraction of sp³-hybridized carbons (Fsp3) is 0.400. The first-order chi connectivity index (χ1) is 11.3. The van der Waals surface area contributed by atoms with Crippen LogP contribution in [0.4, 0.5) is 0 Å². The van der Waals surface area contributed by atoms with Crippen molar-refractivity contribution < 1.29 is 4.74 Å². The number of piperazine rings is 1. The summed E-state index contributed by atoms with van der Waals surface area (Å²) >= 11 is 0. The standard InChI is InChI=1S/C20H26N2O/c1-21-13-15-22(16-14-21)12-11-18-7-9-20(10-8-18)23-17-19-5-3-2-4-6-19/h2-10H,11-17H2,1H3. The van der Waals surface area contributed by atoms with Crippen molar-refractivity contribution in [1.82, 2.24) is 9.80 Å². The van der Waals surface area contributed by atoms with E-state index in [0.29, 0.717) is 6.61 Å². The molecule has 2 aromatic rings. The molecule has 1 aliphatic rings. The number of likely N-dealkylation sites (N-methyl/N-ethyl adjacent to an activating group) is 1. The molecule has 0 radical (unpaired) electrons. The SMILES string of the molecule is CN1CCN(CCc2ccc(OCc3ccccc3)cc2)CC1. The Morgan fingerprint density at radius 1 is 0.826 bits per heavy atom. The largest absolute Gasteiger partial charge is 0.489 e. The summed E-state index contributed by atoms with van der Waals surface area (Å²) in [6.07, 6.45) is 1.11. The van der Waals surface area contributed by atoms with E-state index < -0.39 is 0 Å². The molecule has 0 unspecified atom stereocenters. The third-order valence-corrected chi connectivity index (χ3v) is 4.48. The van der Waals surface area contributed by atoms with E-state index in [9.17, 15) is 0 Å². The summed E-state index contributed by atoms with van der Waals surface area (Å²) in [7, 11) is 2.20. The normalized spacial score (nSPS) is 16.4. The Kier molecular flexibility index (Phi) is 5.67. The van der Waals surface area contributed by atoms with Gasteiger partial charge in [0.2, 0.25) is 0 Å². The summed E-state index contributed by atoms with van der Waals surface area (Å²) in [5, 5.41) is 0. The summed E-state index contributed by atoms with van der Waals surface area (Å²) in [6.45, 7) is 6.53. The predicted octanol–water partition coefficient (Wildman–Crippen LogP) is 3.06. The second kappa shape index (κ2) is 8.14. The van der Waals surface area contributed by atoms with Crippen molar-refractivity contribution in [2.75, 3.05) is 39.8 Å². The Labute approximate surface area is 139 Å². The molecule has 0 spiro atoms. The molecule has 1 heterocycles. The minimum Gasteiger partial charge on any atom is -0.489 e. The number of nitrogens with zero attached hydrogens (tertiary/aromatic N) is 2. The van der Waals surface area contributed by atoms with Crippen molar-refractivity contribution in [1.29, 1.82) is 0 Å². The molecule has 1 saturated heterocycles. The monoisotopic (exact) mass is 310 g/mol. The second-order valence-corrected chi connectivity index (χ2v) is 6.31. The van der Waals surface area contributed by atoms with Crippen LogP contribution in [0.15, 0.2) is 54.6 Å². The summed E-state index contributed by atoms with van der Waals surface area (Å²) in [6, 6.07) is 18.8. The van der Waals surface area contributed by atoms with Crippen LogP contribution in [-0.2, 0) is 13.0 Å².